The summed E-state index contributed by atoms with van der Waals surface area (Å²) in [5.41, 5.74) is -2.58. The Morgan fingerprint density at radius 3 is 1.09 bits per heavy atom. The van der Waals surface area contributed by atoms with Gasteiger partial charge in [0, 0.05) is 19.3 Å². The highest BCUT2D eigenvalue weighted by Crippen LogP contribution is 2.45. The Kier molecular flexibility index (Phi) is 57.6. The number of esters is 4. The summed E-state index contributed by atoms with van der Waals surface area (Å²) < 4.78 is 48.4. The van der Waals surface area contributed by atoms with Gasteiger partial charge in [-0.1, -0.05) is 255 Å². The second-order valence-electron chi connectivity index (χ2n) is 26.7. The third-order valence-electron chi connectivity index (χ3n) is 18.3. The average Bonchev–Trinajstić information content (AvgIpc) is 0.736. The number of ether oxygens (including phenoxy) is 5. The van der Waals surface area contributed by atoms with Crippen LogP contribution in [0, 0.1) is 0 Å². The summed E-state index contributed by atoms with van der Waals surface area (Å²) in [6.07, 6.45) is 23.2. The number of aliphatic hydroxyl groups excluding tert-OH is 2. The fraction of sp³-hybridized carbons (Fsp3) is 0.919. The van der Waals surface area contributed by atoms with Crippen molar-refractivity contribution < 1.29 is 81.5 Å². The maximum absolute atomic E-state index is 15.0. The number of amides is 2. The van der Waals surface area contributed by atoms with Gasteiger partial charge in [0.15, 0.2) is 17.9 Å². The van der Waals surface area contributed by atoms with Gasteiger partial charge in [-0.3, -0.25) is 33.3 Å². The van der Waals surface area contributed by atoms with Gasteiger partial charge >= 0.3 is 31.7 Å². The van der Waals surface area contributed by atoms with Crippen molar-refractivity contribution in [2.75, 3.05) is 26.2 Å². The largest absolute Gasteiger partial charge is 0.470 e. The number of phosphoric acid groups is 1. The van der Waals surface area contributed by atoms with Crippen LogP contribution >= 0.6 is 7.82 Å². The first-order valence-corrected chi connectivity index (χ1v) is 40.0. The first kappa shape index (κ1) is 91.8. The van der Waals surface area contributed by atoms with E-state index in [0.717, 1.165) is 148 Å². The molecule has 0 saturated carbocycles. The lowest BCUT2D eigenvalue weighted by molar-refractivity contribution is -0.289. The highest BCUT2D eigenvalue weighted by Gasteiger charge is 2.63. The fourth-order valence-corrected chi connectivity index (χ4v) is 12.9. The van der Waals surface area contributed by atoms with Crippen LogP contribution in [0.3, 0.4) is 0 Å². The fourth-order valence-electron chi connectivity index (χ4n) is 12.4. The molecule has 1 fully saturated rings. The molecule has 9 atom stereocenters. The molecule has 1 saturated heterocycles. The first-order valence-electron chi connectivity index (χ1n) is 38.5. The number of nitrogens with zero attached hydrogens (tertiary/aromatic N) is 1. The van der Waals surface area contributed by atoms with E-state index in [9.17, 15) is 53.3 Å². The molecule has 1 heterocycles. The van der Waals surface area contributed by atoms with Gasteiger partial charge in [-0.15, -0.1) is 0 Å². The van der Waals surface area contributed by atoms with Crippen LogP contribution in [-0.4, -0.2) is 141 Å². The second kappa shape index (κ2) is 59.6. The van der Waals surface area contributed by atoms with Gasteiger partial charge in [-0.2, -0.15) is 0 Å². The molecule has 0 spiro atoms. The van der Waals surface area contributed by atoms with Crippen molar-refractivity contribution in [3.8, 4) is 0 Å². The Morgan fingerprint density at radius 1 is 0.463 bits per heavy atom. The van der Waals surface area contributed by atoms with Crippen molar-refractivity contribution in [2.45, 2.75) is 413 Å². The van der Waals surface area contributed by atoms with Gasteiger partial charge in [0.2, 0.25) is 11.8 Å². The minimum Gasteiger partial charge on any atom is -0.462 e. The molecule has 21 heteroatoms. The minimum atomic E-state index is -5.61. The molecule has 1 rings (SSSR count). The lowest BCUT2D eigenvalue weighted by atomic mass is 9.77. The Morgan fingerprint density at radius 2 is 0.779 bits per heavy atom. The molecule has 6 N–H and O–H groups in total. The Bertz CT molecular complexity index is 1970. The van der Waals surface area contributed by atoms with E-state index in [1.807, 2.05) is 20.8 Å². The molecule has 0 aliphatic carbocycles. The molecular weight excluding hydrogens is 1230 g/mol. The second-order valence-corrected chi connectivity index (χ2v) is 27.9. The van der Waals surface area contributed by atoms with E-state index in [4.69, 9.17) is 28.2 Å². The van der Waals surface area contributed by atoms with E-state index >= 15 is 0 Å². The number of carbonyl (C=O) groups is 6. The molecule has 95 heavy (non-hydrogen) atoms. The molecular formula is C74H142N3O17P. The van der Waals surface area contributed by atoms with Crippen molar-refractivity contribution in [3.63, 3.8) is 0 Å². The predicted molar refractivity (Wildman–Crippen MR) is 378 cm³/mol. The van der Waals surface area contributed by atoms with Gasteiger partial charge < -0.3 is 59.2 Å². The normalized spacial score (nSPS) is 18.4. The highest BCUT2D eigenvalue weighted by molar-refractivity contribution is 7.46. The van der Waals surface area contributed by atoms with Gasteiger partial charge in [0.1, 0.15) is 30.5 Å². The van der Waals surface area contributed by atoms with Crippen LogP contribution in [0.2, 0.25) is 0 Å². The zero-order valence-corrected chi connectivity index (χ0v) is 62.7. The molecule has 0 aromatic carbocycles. The summed E-state index contributed by atoms with van der Waals surface area (Å²) in [6, 6.07) is -1.56. The molecule has 1 aliphatic rings. The molecule has 0 bridgehead atoms. The van der Waals surface area contributed by atoms with Gasteiger partial charge in [0.05, 0.1) is 31.9 Å². The molecule has 20 nitrogen and oxygen atoms in total. The van der Waals surface area contributed by atoms with Gasteiger partial charge in [0.25, 0.3) is 0 Å². The van der Waals surface area contributed by atoms with Crippen molar-refractivity contribution >= 4 is 43.5 Å². The summed E-state index contributed by atoms with van der Waals surface area (Å²) in [5, 5.41) is 28.9. The molecule has 0 aromatic rings. The van der Waals surface area contributed by atoms with E-state index in [0.29, 0.717) is 51.4 Å². The smallest absolute Gasteiger partial charge is 0.462 e. The summed E-state index contributed by atoms with van der Waals surface area (Å²) in [5.74, 6) is -4.14. The quantitative estimate of drug-likeness (QED) is 0.0143. The lowest BCUT2D eigenvalue weighted by Gasteiger charge is -2.54. The first-order chi connectivity index (χ1) is 45.7. The van der Waals surface area contributed by atoms with Gasteiger partial charge in [-0.05, 0) is 84.3 Å². The highest BCUT2D eigenvalue weighted by atomic mass is 31.2. The topological polar surface area (TPSA) is 283 Å². The maximum atomic E-state index is 15.0. The van der Waals surface area contributed by atoms with Crippen LogP contribution in [-0.2, 0) is 61.5 Å². The third-order valence-corrected chi connectivity index (χ3v) is 18.8. The maximum Gasteiger partial charge on any atom is 0.470 e. The molecule has 560 valence electrons. The van der Waals surface area contributed by atoms with Crippen LogP contribution in [0.1, 0.15) is 358 Å². The number of aliphatic hydroxyl groups is 2. The van der Waals surface area contributed by atoms with Crippen LogP contribution < -0.4 is 10.6 Å². The van der Waals surface area contributed by atoms with Crippen molar-refractivity contribution in [3.05, 3.63) is 0 Å². The zero-order valence-electron chi connectivity index (χ0n) is 61.8. The SMILES string of the molecule is CCCCCCCCCCC[C@H](CC(=O)NC(C)[C@]1(NC(=O)C[C@@H](CCCCCCCCCCC)OC(=O)CCCCC)[C@@H](O)O[C@H](CO)[C@@H](OP(=O)(O)O)[C@@H]1OC(=O)C[C@@H](CCCCCCCCCCC)OC(=O)CCCCC)OC(=O)CCCCC.CCN(CC)CC. The molecule has 1 aliphatic heterocycles. The minimum absolute atomic E-state index is 0.109. The predicted octanol–water partition coefficient (Wildman–Crippen LogP) is 16.2. The summed E-state index contributed by atoms with van der Waals surface area (Å²) in [7, 11) is -5.61. The number of unbranched alkanes of at least 4 members (excludes halogenated alkanes) is 30. The average molecular weight is 1380 g/mol. The van der Waals surface area contributed by atoms with E-state index < -0.39 is 117 Å². The van der Waals surface area contributed by atoms with E-state index in [2.05, 4.69) is 57.1 Å². The summed E-state index contributed by atoms with van der Waals surface area (Å²) >= 11 is 0. The molecule has 2 amide bonds. The van der Waals surface area contributed by atoms with E-state index in [-0.39, 0.29) is 32.1 Å². The zero-order chi connectivity index (χ0) is 71.0. The summed E-state index contributed by atoms with van der Waals surface area (Å²) in [4.78, 5) is 108. The number of nitrogens with one attached hydrogen (secondary N) is 2. The van der Waals surface area contributed by atoms with Crippen molar-refractivity contribution in [1.82, 2.24) is 15.5 Å². The Hall–Kier alpha value is -3.23. The number of phosphoric ester groups is 1. The Balaban J connectivity index is 0.0000119. The molecule has 1 unspecified atom stereocenters. The summed E-state index contributed by atoms with van der Waals surface area (Å²) in [6.45, 7) is 23.0. The van der Waals surface area contributed by atoms with E-state index in [1.54, 1.807) is 0 Å². The van der Waals surface area contributed by atoms with Crippen molar-refractivity contribution in [2.24, 2.45) is 0 Å². The van der Waals surface area contributed by atoms with Crippen molar-refractivity contribution in [1.29, 1.82) is 0 Å². The third kappa shape index (κ3) is 45.9. The monoisotopic (exact) mass is 1380 g/mol. The van der Waals surface area contributed by atoms with E-state index in [1.165, 1.54) is 71.5 Å². The van der Waals surface area contributed by atoms with Crippen LogP contribution in [0.5, 0.6) is 0 Å². The van der Waals surface area contributed by atoms with Crippen LogP contribution in [0.15, 0.2) is 0 Å². The number of hydrogen-bond donors (Lipinski definition) is 6. The van der Waals surface area contributed by atoms with Gasteiger partial charge in [-0.25, -0.2) is 4.57 Å². The lowest BCUT2D eigenvalue weighted by Crippen LogP contribution is -2.80. The number of hydrogen-bond acceptors (Lipinski definition) is 16. The molecule has 0 radical (unpaired) electrons. The number of rotatable bonds is 61. The van der Waals surface area contributed by atoms with Crippen LogP contribution in [0.4, 0.5) is 0 Å². The van der Waals surface area contributed by atoms with Crippen LogP contribution in [0.25, 0.3) is 0 Å². The number of carbonyl (C=O) groups excluding carboxylic acids is 6. The molecule has 0 aromatic heterocycles. The Labute approximate surface area is 577 Å². The standard InChI is InChI=1S/C68H127N2O17P.C6H15N/c1-8-14-20-23-26-29-32-35-41-44-55(82-61(74)47-38-17-11-4)50-59(72)69-54(7)68(70-60(73)51-56(83-62(75)48-39-18-12-5)45-42-36-33-30-27-24-21-15-9-2)66(65(87-88(79,80)81)58(53-71)85-67(68)78)86-64(77)52-57(84-63(76)49-40-19-13-6)46-43-37-34-31-28-25-22-16-10-3;1-4-7(5-2)6-3/h54-58,65-67,71,78H,8-53H2,1-7H3,(H,69,72)(H,70,73)(H2,79,80,81);4-6H2,1-3H3/t54?,55-,56-,57-,58-,65-,66+,67+,68-;/m1./s1.